The summed E-state index contributed by atoms with van der Waals surface area (Å²) in [7, 11) is 0. The van der Waals surface area contributed by atoms with Crippen molar-refractivity contribution in [2.75, 3.05) is 0 Å². The van der Waals surface area contributed by atoms with Gasteiger partial charge in [-0.05, 0) is 24.8 Å². The average Bonchev–Trinajstić information content (AvgIpc) is 2.90. The molecular formula is C13H14O2. The van der Waals surface area contributed by atoms with E-state index in [0.29, 0.717) is 0 Å². The molecule has 2 rings (SSSR count). The van der Waals surface area contributed by atoms with Gasteiger partial charge in [-0.2, -0.15) is 0 Å². The van der Waals surface area contributed by atoms with Crippen molar-refractivity contribution in [3.63, 3.8) is 0 Å². The quantitative estimate of drug-likeness (QED) is 0.818. The van der Waals surface area contributed by atoms with E-state index in [0.717, 1.165) is 12.0 Å². The van der Waals surface area contributed by atoms with Crippen LogP contribution in [0, 0.1) is 11.3 Å². The van der Waals surface area contributed by atoms with Crippen LogP contribution < -0.4 is 0 Å². The number of rotatable bonds is 3. The maximum atomic E-state index is 10.9. The first-order valence-corrected chi connectivity index (χ1v) is 5.09. The minimum atomic E-state index is -0.690. The lowest BCUT2D eigenvalue weighted by atomic mass is 10.1. The lowest BCUT2D eigenvalue weighted by molar-refractivity contribution is -0.143. The summed E-state index contributed by atoms with van der Waals surface area (Å²) in [6, 6.07) is 9.94. The van der Waals surface area contributed by atoms with E-state index >= 15 is 0 Å². The fourth-order valence-electron chi connectivity index (χ4n) is 1.72. The van der Waals surface area contributed by atoms with Crippen molar-refractivity contribution in [3.8, 4) is 0 Å². The molecule has 1 N–H and O–H groups in total. The molecule has 2 nitrogen and oxygen atoms in total. The summed E-state index contributed by atoms with van der Waals surface area (Å²) in [5, 5.41) is 8.95. The van der Waals surface area contributed by atoms with Crippen molar-refractivity contribution in [1.82, 2.24) is 0 Å². The van der Waals surface area contributed by atoms with Crippen molar-refractivity contribution >= 4 is 12.0 Å². The van der Waals surface area contributed by atoms with Gasteiger partial charge in [0.15, 0.2) is 0 Å². The van der Waals surface area contributed by atoms with Crippen LogP contribution in [0.3, 0.4) is 0 Å². The van der Waals surface area contributed by atoms with Gasteiger partial charge in [-0.15, -0.1) is 0 Å². The second-order valence-electron chi connectivity index (χ2n) is 4.30. The summed E-state index contributed by atoms with van der Waals surface area (Å²) < 4.78 is 0. The molecule has 0 heterocycles. The molecule has 1 aliphatic rings. The number of hydrogen-bond acceptors (Lipinski definition) is 1. The van der Waals surface area contributed by atoms with Gasteiger partial charge in [0.2, 0.25) is 0 Å². The van der Waals surface area contributed by atoms with E-state index in [1.165, 1.54) is 0 Å². The highest BCUT2D eigenvalue weighted by Gasteiger charge is 2.54. The molecule has 1 aromatic carbocycles. The molecule has 2 heteroatoms. The van der Waals surface area contributed by atoms with Crippen LogP contribution in [0.5, 0.6) is 0 Å². The fraction of sp³-hybridized carbons (Fsp3) is 0.308. The van der Waals surface area contributed by atoms with Gasteiger partial charge < -0.3 is 5.11 Å². The van der Waals surface area contributed by atoms with Gasteiger partial charge in [-0.25, -0.2) is 0 Å². The van der Waals surface area contributed by atoms with Crippen LogP contribution in [0.4, 0.5) is 0 Å². The number of hydrogen-bond donors (Lipinski definition) is 1. The third-order valence-electron chi connectivity index (χ3n) is 3.11. The van der Waals surface area contributed by atoms with E-state index in [1.807, 2.05) is 42.5 Å². The molecule has 0 saturated heterocycles. The molecule has 0 spiro atoms. The molecule has 1 fully saturated rings. The topological polar surface area (TPSA) is 37.3 Å². The van der Waals surface area contributed by atoms with E-state index in [-0.39, 0.29) is 5.92 Å². The molecular weight excluding hydrogens is 188 g/mol. The van der Waals surface area contributed by atoms with E-state index in [2.05, 4.69) is 0 Å². The van der Waals surface area contributed by atoms with Crippen molar-refractivity contribution < 1.29 is 9.90 Å². The Hall–Kier alpha value is -1.57. The highest BCUT2D eigenvalue weighted by atomic mass is 16.4. The maximum absolute atomic E-state index is 10.9. The zero-order valence-corrected chi connectivity index (χ0v) is 8.68. The molecule has 2 unspecified atom stereocenters. The summed E-state index contributed by atoms with van der Waals surface area (Å²) >= 11 is 0. The number of allylic oxidation sites excluding steroid dienone is 1. The summed E-state index contributed by atoms with van der Waals surface area (Å²) in [4.78, 5) is 10.9. The van der Waals surface area contributed by atoms with Crippen LogP contribution in [0.25, 0.3) is 6.08 Å². The number of benzene rings is 1. The predicted octanol–water partition coefficient (Wildman–Crippen LogP) is 2.81. The summed E-state index contributed by atoms with van der Waals surface area (Å²) in [5.41, 5.74) is 0.600. The third-order valence-corrected chi connectivity index (χ3v) is 3.11. The Bertz CT molecular complexity index is 394. The van der Waals surface area contributed by atoms with Crippen LogP contribution in [0.1, 0.15) is 18.9 Å². The monoisotopic (exact) mass is 202 g/mol. The minimum Gasteiger partial charge on any atom is -0.481 e. The molecule has 1 aromatic rings. The predicted molar refractivity (Wildman–Crippen MR) is 59.3 cm³/mol. The Labute approximate surface area is 89.2 Å². The molecule has 0 aliphatic heterocycles. The zero-order valence-electron chi connectivity index (χ0n) is 8.68. The van der Waals surface area contributed by atoms with E-state index in [1.54, 1.807) is 6.92 Å². The van der Waals surface area contributed by atoms with E-state index < -0.39 is 11.4 Å². The number of aliphatic carboxylic acids is 1. The molecule has 0 bridgehead atoms. The van der Waals surface area contributed by atoms with Gasteiger partial charge in [0.1, 0.15) is 0 Å². The van der Waals surface area contributed by atoms with Gasteiger partial charge in [-0.1, -0.05) is 42.5 Å². The van der Waals surface area contributed by atoms with Crippen LogP contribution in [-0.2, 0) is 4.79 Å². The largest absolute Gasteiger partial charge is 0.481 e. The molecule has 1 saturated carbocycles. The van der Waals surface area contributed by atoms with Gasteiger partial charge in [0.05, 0.1) is 5.41 Å². The normalized spacial score (nSPS) is 29.3. The minimum absolute atomic E-state index is 0.190. The maximum Gasteiger partial charge on any atom is 0.309 e. The van der Waals surface area contributed by atoms with Gasteiger partial charge in [0, 0.05) is 0 Å². The number of carbonyl (C=O) groups is 1. The highest BCUT2D eigenvalue weighted by Crippen LogP contribution is 2.53. The summed E-state index contributed by atoms with van der Waals surface area (Å²) in [6.07, 6.45) is 4.76. The van der Waals surface area contributed by atoms with Crippen LogP contribution in [0.15, 0.2) is 36.4 Å². The van der Waals surface area contributed by atoms with Crippen molar-refractivity contribution in [2.45, 2.75) is 13.3 Å². The molecule has 0 radical (unpaired) electrons. The second kappa shape index (κ2) is 3.54. The third kappa shape index (κ3) is 1.94. The lowest BCUT2D eigenvalue weighted by Crippen LogP contribution is -2.12. The molecule has 0 aromatic heterocycles. The summed E-state index contributed by atoms with van der Waals surface area (Å²) in [5.74, 6) is -0.500. The Kier molecular flexibility index (Phi) is 2.35. The molecule has 1 aliphatic carbocycles. The Balaban J connectivity index is 2.01. The highest BCUT2D eigenvalue weighted by molar-refractivity contribution is 5.79. The molecule has 0 amide bonds. The number of carboxylic acid groups (broad SMARTS) is 1. The summed E-state index contributed by atoms with van der Waals surface area (Å²) in [6.45, 7) is 1.80. The molecule has 78 valence electrons. The smallest absolute Gasteiger partial charge is 0.309 e. The van der Waals surface area contributed by atoms with Crippen molar-refractivity contribution in [2.24, 2.45) is 11.3 Å². The van der Waals surface area contributed by atoms with E-state index in [4.69, 9.17) is 5.11 Å². The van der Waals surface area contributed by atoms with Gasteiger partial charge in [-0.3, -0.25) is 4.79 Å². The van der Waals surface area contributed by atoms with Gasteiger partial charge >= 0.3 is 5.97 Å². The fourth-order valence-corrected chi connectivity index (χ4v) is 1.72. The first-order valence-electron chi connectivity index (χ1n) is 5.09. The standard InChI is InChI=1S/C13H14O2/c1-13(12(14)15)9-11(13)8-7-10-5-3-2-4-6-10/h2-8,11H,9H2,1H3,(H,14,15)/b8-7+. The lowest BCUT2D eigenvalue weighted by Gasteiger charge is -2.00. The SMILES string of the molecule is CC1(C(=O)O)CC1/C=C/c1ccccc1. The van der Waals surface area contributed by atoms with Crippen molar-refractivity contribution in [1.29, 1.82) is 0 Å². The van der Waals surface area contributed by atoms with Gasteiger partial charge in [0.25, 0.3) is 0 Å². The second-order valence-corrected chi connectivity index (χ2v) is 4.30. The molecule has 2 atom stereocenters. The Morgan fingerprint density at radius 3 is 2.67 bits per heavy atom. The van der Waals surface area contributed by atoms with Crippen LogP contribution >= 0.6 is 0 Å². The molecule has 15 heavy (non-hydrogen) atoms. The first-order chi connectivity index (χ1) is 7.13. The Morgan fingerprint density at radius 2 is 2.13 bits per heavy atom. The first kappa shape index (κ1) is 9.97. The average molecular weight is 202 g/mol. The van der Waals surface area contributed by atoms with Crippen molar-refractivity contribution in [3.05, 3.63) is 42.0 Å². The van der Waals surface area contributed by atoms with E-state index in [9.17, 15) is 4.79 Å². The Morgan fingerprint density at radius 1 is 1.47 bits per heavy atom. The number of carboxylic acids is 1. The zero-order chi connectivity index (χ0) is 10.9. The van der Waals surface area contributed by atoms with Crippen LogP contribution in [0.2, 0.25) is 0 Å². The van der Waals surface area contributed by atoms with Crippen LogP contribution in [-0.4, -0.2) is 11.1 Å².